The molecule has 2 saturated heterocycles. The number of fused-ring (bicyclic) bond motifs is 1. The van der Waals surface area contributed by atoms with E-state index in [1.54, 1.807) is 25.1 Å². The van der Waals surface area contributed by atoms with Crippen LogP contribution in [0.25, 0.3) is 0 Å². The number of carbonyl (C=O) groups excluding carboxylic acids is 6. The molecule has 1 aromatic rings. The van der Waals surface area contributed by atoms with Crippen molar-refractivity contribution in [2.45, 2.75) is 37.5 Å². The molecule has 0 bridgehead atoms. The Morgan fingerprint density at radius 2 is 1.76 bits per heavy atom. The molecule has 17 heteroatoms. The Bertz CT molecular complexity index is 1350. The molecule has 3 heterocycles. The number of hydrogen-bond acceptors (Lipinski definition) is 11. The van der Waals surface area contributed by atoms with Crippen molar-refractivity contribution in [1.29, 1.82) is 0 Å². The van der Waals surface area contributed by atoms with Gasteiger partial charge in [0.1, 0.15) is 23.2 Å². The van der Waals surface area contributed by atoms with E-state index in [1.165, 1.54) is 17.0 Å². The molecule has 6 amide bonds. The monoisotopic (exact) mass is 604 g/mol. The minimum Gasteiger partial charge on any atom is -0.477 e. The summed E-state index contributed by atoms with van der Waals surface area (Å²) in [7, 11) is 0. The van der Waals surface area contributed by atoms with E-state index in [9.17, 15) is 43.9 Å². The van der Waals surface area contributed by atoms with Gasteiger partial charge in [0.05, 0.1) is 0 Å². The van der Waals surface area contributed by atoms with Crippen LogP contribution >= 0.6 is 11.8 Å². The molecule has 0 radical (unpaired) electrons. The third kappa shape index (κ3) is 5.79. The van der Waals surface area contributed by atoms with Crippen molar-refractivity contribution in [3.8, 4) is 0 Å². The van der Waals surface area contributed by atoms with E-state index in [0.717, 1.165) is 23.6 Å². The fraction of sp³-hybridized carbons (Fsp3) is 0.400. The molecule has 3 aliphatic heterocycles. The van der Waals surface area contributed by atoms with E-state index in [0.29, 0.717) is 4.90 Å². The molecule has 224 valence electrons. The molecular weight excluding hydrogens is 576 g/mol. The number of imide groups is 1. The van der Waals surface area contributed by atoms with E-state index in [4.69, 9.17) is 4.74 Å². The number of nitrogens with one attached hydrogen (secondary N) is 3. The normalized spacial score (nSPS) is 21.7. The SMILES string of the molecule is CCN1CCN(C(=O)NC(C(=O)NC(OC(C)=O)C2=C(C(=O)O)N3C(=O)[C@@H](NO)[C@H]3SC2)c2ccccc2)C(=O)C1=O. The summed E-state index contributed by atoms with van der Waals surface area (Å²) in [5.41, 5.74) is 1.45. The lowest BCUT2D eigenvalue weighted by Gasteiger charge is -2.49. The molecule has 16 nitrogen and oxygen atoms in total. The van der Waals surface area contributed by atoms with Gasteiger partial charge in [-0.05, 0) is 12.5 Å². The molecule has 4 atom stereocenters. The van der Waals surface area contributed by atoms with Gasteiger partial charge in [-0.25, -0.2) is 9.59 Å². The molecule has 1 aromatic carbocycles. The Morgan fingerprint density at radius 3 is 2.36 bits per heavy atom. The zero-order chi connectivity index (χ0) is 30.7. The van der Waals surface area contributed by atoms with E-state index in [1.807, 2.05) is 5.48 Å². The maximum atomic E-state index is 13.6. The van der Waals surface area contributed by atoms with Crippen LogP contribution in [0.2, 0.25) is 0 Å². The summed E-state index contributed by atoms with van der Waals surface area (Å²) >= 11 is 1.07. The number of hydroxylamine groups is 1. The van der Waals surface area contributed by atoms with Gasteiger partial charge in [0.25, 0.3) is 5.91 Å². The number of aliphatic carboxylic acids is 1. The second-order valence-corrected chi connectivity index (χ2v) is 10.4. The third-order valence-electron chi connectivity index (χ3n) is 6.81. The maximum absolute atomic E-state index is 13.6. The van der Waals surface area contributed by atoms with Crippen LogP contribution in [0.15, 0.2) is 41.6 Å². The highest BCUT2D eigenvalue weighted by atomic mass is 32.2. The molecule has 0 aromatic heterocycles. The van der Waals surface area contributed by atoms with Gasteiger partial charge in [-0.2, -0.15) is 5.48 Å². The van der Waals surface area contributed by atoms with Crippen LogP contribution in [0.5, 0.6) is 0 Å². The number of β-lactam (4-membered cyclic amide) rings is 1. The number of esters is 1. The van der Waals surface area contributed by atoms with Gasteiger partial charge in [0.2, 0.25) is 12.1 Å². The Kier molecular flexibility index (Phi) is 9.13. The van der Waals surface area contributed by atoms with Gasteiger partial charge < -0.3 is 30.6 Å². The highest BCUT2D eigenvalue weighted by Gasteiger charge is 2.54. The van der Waals surface area contributed by atoms with Crippen molar-refractivity contribution in [3.63, 3.8) is 0 Å². The summed E-state index contributed by atoms with van der Waals surface area (Å²) in [6, 6.07) is 4.32. The predicted molar refractivity (Wildman–Crippen MR) is 142 cm³/mol. The number of hydrogen-bond donors (Lipinski definition) is 5. The number of nitrogens with zero attached hydrogens (tertiary/aromatic N) is 3. The number of rotatable bonds is 9. The van der Waals surface area contributed by atoms with Gasteiger partial charge in [-0.15, -0.1) is 11.8 Å². The summed E-state index contributed by atoms with van der Waals surface area (Å²) in [6.07, 6.45) is -1.66. The number of urea groups is 1. The first-order valence-corrected chi connectivity index (χ1v) is 13.8. The van der Waals surface area contributed by atoms with E-state index >= 15 is 0 Å². The first-order valence-electron chi connectivity index (χ1n) is 12.7. The molecule has 5 N–H and O–H groups in total. The average molecular weight is 605 g/mol. The van der Waals surface area contributed by atoms with E-state index < -0.39 is 71.0 Å². The molecule has 4 rings (SSSR count). The highest BCUT2D eigenvalue weighted by Crippen LogP contribution is 2.41. The second kappa shape index (κ2) is 12.6. The lowest BCUT2D eigenvalue weighted by atomic mass is 10.0. The lowest BCUT2D eigenvalue weighted by molar-refractivity contribution is -0.154. The van der Waals surface area contributed by atoms with Gasteiger partial charge in [0.15, 0.2) is 0 Å². The zero-order valence-electron chi connectivity index (χ0n) is 22.4. The first kappa shape index (κ1) is 30.5. The summed E-state index contributed by atoms with van der Waals surface area (Å²) in [6.45, 7) is 3.00. The number of carboxylic acids is 1. The second-order valence-electron chi connectivity index (χ2n) is 9.33. The molecule has 0 saturated carbocycles. The van der Waals surface area contributed by atoms with Crippen molar-refractivity contribution in [2.75, 3.05) is 25.4 Å². The van der Waals surface area contributed by atoms with Crippen molar-refractivity contribution in [2.24, 2.45) is 0 Å². The average Bonchev–Trinajstić information content (AvgIpc) is 2.96. The summed E-state index contributed by atoms with van der Waals surface area (Å²) in [5, 5.41) is 23.3. The van der Waals surface area contributed by atoms with Crippen molar-refractivity contribution >= 4 is 53.4 Å². The van der Waals surface area contributed by atoms with Crippen LogP contribution in [-0.2, 0) is 33.5 Å². The van der Waals surface area contributed by atoms with Crippen LogP contribution in [0, 0.1) is 0 Å². The number of carbonyl (C=O) groups is 7. The van der Waals surface area contributed by atoms with Crippen molar-refractivity contribution in [3.05, 3.63) is 47.2 Å². The van der Waals surface area contributed by atoms with Crippen LogP contribution in [0.1, 0.15) is 25.5 Å². The number of carboxylic acid groups (broad SMARTS) is 1. The minimum atomic E-state index is -1.66. The topological polar surface area (TPSA) is 215 Å². The minimum absolute atomic E-state index is 0.104. The Hall–Kier alpha value is -4.48. The molecule has 3 aliphatic rings. The van der Waals surface area contributed by atoms with E-state index in [-0.39, 0.29) is 36.5 Å². The highest BCUT2D eigenvalue weighted by molar-refractivity contribution is 8.00. The molecule has 2 fully saturated rings. The van der Waals surface area contributed by atoms with Crippen molar-refractivity contribution in [1.82, 2.24) is 30.8 Å². The van der Waals surface area contributed by atoms with Crippen LogP contribution in [0.3, 0.4) is 0 Å². The molecular formula is C25H28N6O10S. The standard InChI is InChI=1S/C25H28N6O10S/c1-3-29-9-10-30(22(36)21(29)35)25(39)26-15(13-7-5-4-6-8-13)18(33)27-19(41-12(2)32)14-11-42-23-16(28-40)20(34)31(23)17(14)24(37)38/h4-8,15-16,19,23,28,40H,3,9-11H2,1-2H3,(H,26,39)(H,27,33)(H,37,38)/t15?,16-,19?,23-/m1/s1. The number of likely N-dealkylation sites (N-methyl/N-ethyl adjacent to an activating group) is 1. The number of ether oxygens (including phenoxy) is 1. The van der Waals surface area contributed by atoms with Gasteiger partial charge in [-0.3, -0.25) is 33.8 Å². The van der Waals surface area contributed by atoms with Crippen molar-refractivity contribution < 1.29 is 48.6 Å². The Labute approximate surface area is 242 Å². The smallest absolute Gasteiger partial charge is 0.352 e. The summed E-state index contributed by atoms with van der Waals surface area (Å²) < 4.78 is 5.26. The molecule has 42 heavy (non-hydrogen) atoms. The number of amides is 6. The first-order chi connectivity index (χ1) is 20.0. The largest absolute Gasteiger partial charge is 0.477 e. The molecule has 0 aliphatic carbocycles. The third-order valence-corrected chi connectivity index (χ3v) is 8.11. The van der Waals surface area contributed by atoms with Gasteiger partial charge in [-0.1, -0.05) is 30.3 Å². The number of piperazine rings is 1. The fourth-order valence-corrected chi connectivity index (χ4v) is 6.08. The van der Waals surface area contributed by atoms with Gasteiger partial charge >= 0.3 is 29.8 Å². The molecule has 0 spiro atoms. The lowest BCUT2D eigenvalue weighted by Crippen LogP contribution is -2.69. The van der Waals surface area contributed by atoms with Crippen LogP contribution in [0.4, 0.5) is 4.79 Å². The van der Waals surface area contributed by atoms with Gasteiger partial charge in [0, 0.05) is 37.9 Å². The predicted octanol–water partition coefficient (Wildman–Crippen LogP) is -1.27. The van der Waals surface area contributed by atoms with Crippen LogP contribution in [-0.4, -0.2) is 110 Å². The number of benzene rings is 1. The Balaban J connectivity index is 1.63. The number of thioether (sulfide) groups is 1. The quantitative estimate of drug-likeness (QED) is 0.0734. The van der Waals surface area contributed by atoms with E-state index in [2.05, 4.69) is 10.6 Å². The molecule has 2 unspecified atom stereocenters. The maximum Gasteiger partial charge on any atom is 0.352 e. The van der Waals surface area contributed by atoms with Crippen LogP contribution < -0.4 is 16.1 Å². The zero-order valence-corrected chi connectivity index (χ0v) is 23.3. The Morgan fingerprint density at radius 1 is 1.07 bits per heavy atom. The summed E-state index contributed by atoms with van der Waals surface area (Å²) in [4.78, 5) is 91.2. The summed E-state index contributed by atoms with van der Waals surface area (Å²) in [5.74, 6) is -6.13. The fourth-order valence-electron chi connectivity index (χ4n) is 4.71.